The maximum atomic E-state index is 12.5. The Hall–Kier alpha value is -3.31. The van der Waals surface area contributed by atoms with Crippen molar-refractivity contribution in [3.8, 4) is 11.1 Å². The summed E-state index contributed by atoms with van der Waals surface area (Å²) in [6.45, 7) is 0.820. The number of ether oxygens (including phenoxy) is 1. The molecule has 0 aromatic heterocycles. The molecule has 1 aliphatic rings. The Bertz CT molecular complexity index is 998. The molecule has 1 fully saturated rings. The van der Waals surface area contributed by atoms with Gasteiger partial charge in [-0.2, -0.15) is 0 Å². The van der Waals surface area contributed by atoms with E-state index in [1.165, 1.54) is 6.92 Å². The molecule has 0 bridgehead atoms. The molecule has 182 valence electrons. The first-order chi connectivity index (χ1) is 16.2. The molecule has 2 amide bonds. The molecule has 0 spiro atoms. The average molecular weight is 472 g/mol. The number of carboxylic acid groups (broad SMARTS) is 1. The van der Waals surface area contributed by atoms with E-state index in [0.717, 1.165) is 11.1 Å². The van der Waals surface area contributed by atoms with Crippen molar-refractivity contribution in [2.45, 2.75) is 49.9 Å². The molecule has 0 saturated carbocycles. The van der Waals surface area contributed by atoms with Crippen LogP contribution in [-0.4, -0.2) is 81.3 Å². The van der Waals surface area contributed by atoms with Crippen molar-refractivity contribution in [3.63, 3.8) is 0 Å². The number of hydrogen-bond acceptors (Lipinski definition) is 7. The van der Waals surface area contributed by atoms with E-state index in [2.05, 4.69) is 10.6 Å². The molecule has 34 heavy (non-hydrogen) atoms. The van der Waals surface area contributed by atoms with Crippen LogP contribution in [0.3, 0.4) is 0 Å². The molecular weight excluding hydrogens is 444 g/mol. The van der Waals surface area contributed by atoms with E-state index in [-0.39, 0.29) is 13.0 Å². The van der Waals surface area contributed by atoms with Crippen LogP contribution in [0, 0.1) is 0 Å². The van der Waals surface area contributed by atoms with E-state index in [4.69, 9.17) is 4.74 Å². The van der Waals surface area contributed by atoms with Gasteiger partial charge in [-0.25, -0.2) is 4.79 Å². The predicted molar refractivity (Wildman–Crippen MR) is 121 cm³/mol. The highest BCUT2D eigenvalue weighted by molar-refractivity contribution is 5.94. The van der Waals surface area contributed by atoms with Crippen LogP contribution in [0.1, 0.15) is 23.7 Å². The average Bonchev–Trinajstić information content (AvgIpc) is 2.83. The highest BCUT2D eigenvalue weighted by Gasteiger charge is 2.46. The van der Waals surface area contributed by atoms with Gasteiger partial charge < -0.3 is 35.8 Å². The van der Waals surface area contributed by atoms with Crippen molar-refractivity contribution in [2.75, 3.05) is 6.54 Å². The molecule has 10 nitrogen and oxygen atoms in total. The monoisotopic (exact) mass is 472 g/mol. The maximum absolute atomic E-state index is 12.5. The van der Waals surface area contributed by atoms with E-state index in [0.29, 0.717) is 5.56 Å². The number of carbonyl (C=O) groups excluding carboxylic acids is 2. The van der Waals surface area contributed by atoms with Gasteiger partial charge >= 0.3 is 5.97 Å². The van der Waals surface area contributed by atoms with Crippen molar-refractivity contribution in [3.05, 3.63) is 60.2 Å². The lowest BCUT2D eigenvalue weighted by Crippen LogP contribution is -2.63. The van der Waals surface area contributed by atoms with Crippen molar-refractivity contribution in [2.24, 2.45) is 0 Å². The molecule has 1 saturated heterocycles. The van der Waals surface area contributed by atoms with Gasteiger partial charge in [0.25, 0.3) is 5.91 Å². The number of nitrogens with one attached hydrogen (secondary N) is 2. The highest BCUT2D eigenvalue weighted by Crippen LogP contribution is 2.25. The number of aliphatic hydroxyl groups is 3. The highest BCUT2D eigenvalue weighted by atomic mass is 16.5. The first-order valence-electron chi connectivity index (χ1n) is 10.8. The van der Waals surface area contributed by atoms with Crippen LogP contribution < -0.4 is 10.6 Å². The second-order valence-corrected chi connectivity index (χ2v) is 8.17. The van der Waals surface area contributed by atoms with Crippen molar-refractivity contribution in [1.29, 1.82) is 0 Å². The van der Waals surface area contributed by atoms with Gasteiger partial charge in [-0.05, 0) is 23.3 Å². The Morgan fingerprint density at radius 1 is 1.03 bits per heavy atom. The number of carboxylic acids is 1. The van der Waals surface area contributed by atoms with Gasteiger partial charge in [-0.15, -0.1) is 0 Å². The molecule has 6 N–H and O–H groups in total. The summed E-state index contributed by atoms with van der Waals surface area (Å²) in [6, 6.07) is 15.3. The smallest absolute Gasteiger partial charge is 0.332 e. The molecular formula is C24H28N2O8. The van der Waals surface area contributed by atoms with Crippen LogP contribution in [0.25, 0.3) is 11.1 Å². The van der Waals surface area contributed by atoms with E-state index < -0.39 is 54.3 Å². The third kappa shape index (κ3) is 6.17. The SMILES string of the molecule is CC(=O)N[C@@H]1[C@@H](O)C[C@H](C(=O)O)O[C@H]1C(O)[C@H](O)CNC(=O)c1ccc(-c2ccccc2)cc1. The number of amides is 2. The number of rotatable bonds is 8. The zero-order chi connectivity index (χ0) is 24.8. The zero-order valence-corrected chi connectivity index (χ0v) is 18.5. The van der Waals surface area contributed by atoms with Gasteiger partial charge in [0.15, 0.2) is 6.10 Å². The minimum absolute atomic E-state index is 0.296. The molecule has 2 aromatic rings. The fourth-order valence-electron chi connectivity index (χ4n) is 3.86. The molecule has 3 rings (SSSR count). The predicted octanol–water partition coefficient (Wildman–Crippen LogP) is -0.0871. The molecule has 2 aromatic carbocycles. The number of benzene rings is 2. The fraction of sp³-hybridized carbons (Fsp3) is 0.375. The number of aliphatic carboxylic acids is 1. The van der Waals surface area contributed by atoms with Crippen LogP contribution in [0.2, 0.25) is 0 Å². The topological polar surface area (TPSA) is 165 Å². The quantitative estimate of drug-likeness (QED) is 0.310. The Labute approximate surface area is 196 Å². The Balaban J connectivity index is 1.63. The summed E-state index contributed by atoms with van der Waals surface area (Å²) in [5, 5.41) is 45.5. The summed E-state index contributed by atoms with van der Waals surface area (Å²) >= 11 is 0. The van der Waals surface area contributed by atoms with Crippen LogP contribution in [0.15, 0.2) is 54.6 Å². The lowest BCUT2D eigenvalue weighted by atomic mass is 9.90. The van der Waals surface area contributed by atoms with Gasteiger partial charge in [0.2, 0.25) is 5.91 Å². The van der Waals surface area contributed by atoms with Crippen LogP contribution in [-0.2, 0) is 14.3 Å². The minimum Gasteiger partial charge on any atom is -0.479 e. The van der Waals surface area contributed by atoms with Crippen LogP contribution in [0.5, 0.6) is 0 Å². The van der Waals surface area contributed by atoms with Gasteiger partial charge in [0.05, 0.1) is 18.2 Å². The summed E-state index contributed by atoms with van der Waals surface area (Å²) in [7, 11) is 0. The van der Waals surface area contributed by atoms with Gasteiger partial charge in [0.1, 0.15) is 12.2 Å². The summed E-state index contributed by atoms with van der Waals surface area (Å²) in [5.74, 6) is -2.36. The van der Waals surface area contributed by atoms with E-state index >= 15 is 0 Å². The Kier molecular flexibility index (Phi) is 8.35. The molecule has 1 aliphatic heterocycles. The first-order valence-corrected chi connectivity index (χ1v) is 10.8. The first kappa shape index (κ1) is 25.3. The summed E-state index contributed by atoms with van der Waals surface area (Å²) in [4.78, 5) is 35.3. The third-order valence-corrected chi connectivity index (χ3v) is 5.65. The molecule has 6 atom stereocenters. The van der Waals surface area contributed by atoms with Crippen molar-refractivity contribution in [1.82, 2.24) is 10.6 Å². The second-order valence-electron chi connectivity index (χ2n) is 8.17. The zero-order valence-electron chi connectivity index (χ0n) is 18.5. The van der Waals surface area contributed by atoms with E-state index in [1.54, 1.807) is 24.3 Å². The largest absolute Gasteiger partial charge is 0.479 e. The standard InChI is InChI=1S/C24H28N2O8/c1-13(27)26-20-17(28)11-19(24(32)33)34-22(20)21(30)18(29)12-25-23(31)16-9-7-15(8-10-16)14-5-3-2-4-6-14/h2-10,17-22,28-30H,11-12H2,1H3,(H,25,31)(H,26,27)(H,32,33)/t17-,18+,19+,20+,21?,22+/m0/s1. The molecule has 10 heteroatoms. The normalized spacial score (nSPS) is 24.0. The summed E-state index contributed by atoms with van der Waals surface area (Å²) in [5.41, 5.74) is 2.27. The van der Waals surface area contributed by atoms with E-state index in [9.17, 15) is 34.8 Å². The maximum Gasteiger partial charge on any atom is 0.332 e. The molecule has 0 radical (unpaired) electrons. The van der Waals surface area contributed by atoms with Crippen LogP contribution in [0.4, 0.5) is 0 Å². The second kappa shape index (κ2) is 11.2. The fourth-order valence-corrected chi connectivity index (χ4v) is 3.86. The van der Waals surface area contributed by atoms with Gasteiger partial charge in [-0.3, -0.25) is 9.59 Å². The molecule has 1 unspecified atom stereocenters. The minimum atomic E-state index is -1.70. The Morgan fingerprint density at radius 3 is 2.24 bits per heavy atom. The van der Waals surface area contributed by atoms with Crippen molar-refractivity contribution < 1.29 is 39.5 Å². The number of aliphatic hydroxyl groups excluding tert-OH is 3. The molecule has 0 aliphatic carbocycles. The van der Waals surface area contributed by atoms with E-state index in [1.807, 2.05) is 30.3 Å². The lowest BCUT2D eigenvalue weighted by molar-refractivity contribution is -0.193. The molecule has 1 heterocycles. The number of hydrogen-bond donors (Lipinski definition) is 6. The lowest BCUT2D eigenvalue weighted by Gasteiger charge is -2.41. The van der Waals surface area contributed by atoms with Crippen LogP contribution >= 0.6 is 0 Å². The van der Waals surface area contributed by atoms with Gasteiger partial charge in [0, 0.05) is 25.5 Å². The third-order valence-electron chi connectivity index (χ3n) is 5.65. The van der Waals surface area contributed by atoms with Crippen molar-refractivity contribution >= 4 is 17.8 Å². The summed E-state index contributed by atoms with van der Waals surface area (Å²) < 4.78 is 5.36. The summed E-state index contributed by atoms with van der Waals surface area (Å²) in [6.07, 6.45) is -7.71. The Morgan fingerprint density at radius 2 is 1.65 bits per heavy atom. The van der Waals surface area contributed by atoms with Gasteiger partial charge in [-0.1, -0.05) is 42.5 Å². The number of carbonyl (C=O) groups is 3.